The summed E-state index contributed by atoms with van der Waals surface area (Å²) in [5.41, 5.74) is -2.15. The third kappa shape index (κ3) is 7.60. The molecule has 0 radical (unpaired) electrons. The number of aliphatic hydroxyl groups is 1. The van der Waals surface area contributed by atoms with Gasteiger partial charge in [-0.2, -0.15) is 4.98 Å². The maximum atomic E-state index is 14.2. The third-order valence-electron chi connectivity index (χ3n) is 10.7. The number of hydroxylamine groups is 2. The fourth-order valence-electron chi connectivity index (χ4n) is 7.72. The van der Waals surface area contributed by atoms with Gasteiger partial charge in [-0.3, -0.25) is 19.0 Å². The van der Waals surface area contributed by atoms with Crippen molar-refractivity contribution in [1.82, 2.24) is 14.6 Å². The van der Waals surface area contributed by atoms with E-state index in [4.69, 9.17) is 28.5 Å². The van der Waals surface area contributed by atoms with Gasteiger partial charge in [-0.15, -0.1) is 0 Å². The van der Waals surface area contributed by atoms with Gasteiger partial charge in [0.25, 0.3) is 11.8 Å². The van der Waals surface area contributed by atoms with E-state index in [1.54, 1.807) is 80.9 Å². The van der Waals surface area contributed by atoms with Crippen molar-refractivity contribution < 1.29 is 43.2 Å². The summed E-state index contributed by atoms with van der Waals surface area (Å²) in [6.07, 6.45) is -2.87. The fraction of sp³-hybridized carbons (Fsp3) is 0.217. The standard InChI is InChI=1S/C46H42N4O10/c1-55-35-22-18-31(19-23-35)28-58-46(33-14-8-4-9-15-33,34-20-24-36(56-2)25-21-34)45-30-50(39(51)29-57-37-16-10-5-11-17-37)60-40(41(45)52)43(59-45)49-27-26-38(48-44(49)54)47-42(53)32-12-6-3-7-13-32/h3-27,40-41,43,52H,28-30H2,1-2H3,(H,47,48,53,54). The molecule has 5 unspecified atom stereocenters. The second-order valence-electron chi connectivity index (χ2n) is 14.2. The number of hydrogen-bond acceptors (Lipinski definition) is 11. The summed E-state index contributed by atoms with van der Waals surface area (Å²) in [4.78, 5) is 51.6. The number of hydrogen-bond donors (Lipinski definition) is 2. The number of methoxy groups -OCH3 is 2. The molecule has 5 atom stereocenters. The van der Waals surface area contributed by atoms with Gasteiger partial charge in [0.2, 0.25) is 0 Å². The smallest absolute Gasteiger partial charge is 0.351 e. The molecule has 1 aromatic heterocycles. The molecular formula is C46H42N4O10. The zero-order valence-electron chi connectivity index (χ0n) is 32.8. The lowest BCUT2D eigenvalue weighted by Crippen LogP contribution is -2.69. The van der Waals surface area contributed by atoms with Gasteiger partial charge in [0.15, 0.2) is 30.1 Å². The lowest BCUT2D eigenvalue weighted by atomic mass is 9.69. The Balaban J connectivity index is 1.26. The van der Waals surface area contributed by atoms with Crippen LogP contribution in [0.4, 0.5) is 5.82 Å². The van der Waals surface area contributed by atoms with Gasteiger partial charge < -0.3 is 34.1 Å². The highest BCUT2D eigenvalue weighted by Crippen LogP contribution is 2.56. The summed E-state index contributed by atoms with van der Waals surface area (Å²) < 4.78 is 32.2. The molecule has 60 heavy (non-hydrogen) atoms. The van der Waals surface area contributed by atoms with E-state index in [1.807, 2.05) is 72.8 Å². The summed E-state index contributed by atoms with van der Waals surface area (Å²) in [7, 11) is 3.14. The second kappa shape index (κ2) is 17.2. The molecule has 8 rings (SSSR count). The van der Waals surface area contributed by atoms with Crippen molar-refractivity contribution in [2.75, 3.05) is 32.7 Å². The molecule has 306 valence electrons. The zero-order chi connectivity index (χ0) is 41.7. The maximum Gasteiger partial charge on any atom is 0.351 e. The first-order valence-electron chi connectivity index (χ1n) is 19.2. The first-order valence-corrected chi connectivity index (χ1v) is 19.2. The lowest BCUT2D eigenvalue weighted by Gasteiger charge is -2.52. The Labute approximate surface area is 345 Å². The van der Waals surface area contributed by atoms with Crippen LogP contribution in [-0.2, 0) is 31.3 Å². The number of anilines is 1. The molecule has 2 saturated heterocycles. The molecule has 2 amide bonds. The topological polar surface area (TPSA) is 160 Å². The van der Waals surface area contributed by atoms with Gasteiger partial charge in [-0.05, 0) is 71.3 Å². The van der Waals surface area contributed by atoms with E-state index in [-0.39, 0.29) is 19.0 Å². The molecule has 0 saturated carbocycles. The van der Waals surface area contributed by atoms with E-state index in [0.29, 0.717) is 33.9 Å². The Morgan fingerprint density at radius 3 is 2.03 bits per heavy atom. The molecular weight excluding hydrogens is 769 g/mol. The summed E-state index contributed by atoms with van der Waals surface area (Å²) in [6.45, 7) is -0.797. The van der Waals surface area contributed by atoms with E-state index in [1.165, 1.54) is 12.3 Å². The third-order valence-corrected chi connectivity index (χ3v) is 10.7. The number of ether oxygens (including phenoxy) is 5. The Morgan fingerprint density at radius 1 is 0.800 bits per heavy atom. The number of para-hydroxylation sites is 1. The van der Waals surface area contributed by atoms with Gasteiger partial charge in [0, 0.05) is 11.8 Å². The Bertz CT molecular complexity index is 2470. The van der Waals surface area contributed by atoms with Crippen LogP contribution in [0.2, 0.25) is 0 Å². The largest absolute Gasteiger partial charge is 0.497 e. The number of aliphatic hydroxyl groups excluding tert-OH is 1. The summed E-state index contributed by atoms with van der Waals surface area (Å²) in [6, 6.07) is 42.5. The Morgan fingerprint density at radius 2 is 1.40 bits per heavy atom. The highest BCUT2D eigenvalue weighted by molar-refractivity contribution is 6.03. The molecule has 0 aliphatic carbocycles. The normalized spacial score (nSPS) is 20.4. The number of carbonyl (C=O) groups excluding carboxylic acids is 2. The van der Waals surface area contributed by atoms with Crippen molar-refractivity contribution in [1.29, 1.82) is 0 Å². The Hall–Kier alpha value is -6.84. The molecule has 2 bridgehead atoms. The predicted octanol–water partition coefficient (Wildman–Crippen LogP) is 5.52. The molecule has 14 nitrogen and oxygen atoms in total. The summed E-state index contributed by atoms with van der Waals surface area (Å²) in [5, 5.41) is 16.5. The van der Waals surface area contributed by atoms with Crippen LogP contribution < -0.4 is 25.2 Å². The van der Waals surface area contributed by atoms with E-state index in [2.05, 4.69) is 10.3 Å². The van der Waals surface area contributed by atoms with E-state index in [9.17, 15) is 19.5 Å². The number of carbonyl (C=O) groups is 2. The van der Waals surface area contributed by atoms with Crippen molar-refractivity contribution in [2.24, 2.45) is 0 Å². The molecule has 2 aliphatic heterocycles. The average Bonchev–Trinajstić information content (AvgIpc) is 3.43. The van der Waals surface area contributed by atoms with Crippen LogP contribution in [0.5, 0.6) is 17.2 Å². The van der Waals surface area contributed by atoms with Crippen molar-refractivity contribution in [3.63, 3.8) is 0 Å². The Kier molecular flexibility index (Phi) is 11.4. The van der Waals surface area contributed by atoms with Crippen LogP contribution in [0.3, 0.4) is 0 Å². The van der Waals surface area contributed by atoms with Crippen molar-refractivity contribution in [2.45, 2.75) is 36.2 Å². The number of nitrogens with one attached hydrogen (secondary N) is 1. The average molecular weight is 811 g/mol. The van der Waals surface area contributed by atoms with Crippen LogP contribution in [0.25, 0.3) is 0 Å². The van der Waals surface area contributed by atoms with Crippen LogP contribution in [0, 0.1) is 0 Å². The fourth-order valence-corrected chi connectivity index (χ4v) is 7.72. The maximum absolute atomic E-state index is 14.2. The summed E-state index contributed by atoms with van der Waals surface area (Å²) >= 11 is 0. The first-order chi connectivity index (χ1) is 29.2. The molecule has 5 aromatic carbocycles. The van der Waals surface area contributed by atoms with Crippen molar-refractivity contribution >= 4 is 17.6 Å². The van der Waals surface area contributed by atoms with Crippen LogP contribution in [0.15, 0.2) is 157 Å². The number of amides is 2. The molecule has 6 aromatic rings. The lowest BCUT2D eigenvalue weighted by molar-refractivity contribution is -0.289. The number of nitrogens with zero attached hydrogens (tertiary/aromatic N) is 3. The van der Waals surface area contributed by atoms with Gasteiger partial charge in [0.1, 0.15) is 29.2 Å². The first kappa shape index (κ1) is 40.0. The van der Waals surface area contributed by atoms with E-state index in [0.717, 1.165) is 15.2 Å². The highest BCUT2D eigenvalue weighted by Gasteiger charge is 2.72. The van der Waals surface area contributed by atoms with Crippen LogP contribution >= 0.6 is 0 Å². The predicted molar refractivity (Wildman–Crippen MR) is 218 cm³/mol. The SMILES string of the molecule is COc1ccc(COC(c2ccccc2)(c2ccc(OC)cc2)C23CN(C(=O)COc4ccccc4)OC(C(n4ccc(NC(=O)c5ccccc5)nc4=O)O2)C3O)cc1. The van der Waals surface area contributed by atoms with Crippen LogP contribution in [0.1, 0.15) is 33.3 Å². The number of benzene rings is 5. The quantitative estimate of drug-likeness (QED) is 0.143. The highest BCUT2D eigenvalue weighted by atomic mass is 16.7. The van der Waals surface area contributed by atoms with Crippen molar-refractivity contribution in [3.8, 4) is 17.2 Å². The van der Waals surface area contributed by atoms with E-state index < -0.39 is 53.7 Å². The minimum Gasteiger partial charge on any atom is -0.497 e. The number of rotatable bonds is 14. The van der Waals surface area contributed by atoms with Gasteiger partial charge in [-0.25, -0.2) is 9.86 Å². The molecule has 14 heteroatoms. The molecule has 3 heterocycles. The number of aromatic nitrogens is 2. The second-order valence-corrected chi connectivity index (χ2v) is 14.2. The molecule has 0 spiro atoms. The molecule has 2 N–H and O–H groups in total. The van der Waals surface area contributed by atoms with Gasteiger partial charge in [-0.1, -0.05) is 91.0 Å². The monoisotopic (exact) mass is 810 g/mol. The molecule has 2 aliphatic rings. The van der Waals surface area contributed by atoms with Crippen molar-refractivity contribution in [3.05, 3.63) is 185 Å². The van der Waals surface area contributed by atoms with Crippen LogP contribution in [-0.4, -0.2) is 76.7 Å². The minimum absolute atomic E-state index is 0.00131. The van der Waals surface area contributed by atoms with Gasteiger partial charge >= 0.3 is 5.69 Å². The summed E-state index contributed by atoms with van der Waals surface area (Å²) in [5.74, 6) is 0.641. The molecule has 2 fully saturated rings. The van der Waals surface area contributed by atoms with E-state index >= 15 is 0 Å². The number of fused-ring (bicyclic) bond motifs is 2. The zero-order valence-corrected chi connectivity index (χ0v) is 32.8. The van der Waals surface area contributed by atoms with Gasteiger partial charge in [0.05, 0.1) is 27.4 Å². The minimum atomic E-state index is -1.88.